The zero-order valence-corrected chi connectivity index (χ0v) is 11.9. The maximum absolute atomic E-state index is 12.8. The average molecular weight is 287 g/mol. The minimum absolute atomic E-state index is 0.0596. The number of rotatable bonds is 3. The van der Waals surface area contributed by atoms with Crippen molar-refractivity contribution in [2.45, 2.75) is 18.9 Å². The lowest BCUT2D eigenvalue weighted by molar-refractivity contribution is 0.321. The van der Waals surface area contributed by atoms with Gasteiger partial charge in [-0.1, -0.05) is 0 Å². The Balaban J connectivity index is 2.11. The monoisotopic (exact) mass is 287 g/mol. The molecule has 1 aliphatic rings. The van der Waals surface area contributed by atoms with Crippen molar-refractivity contribution in [3.63, 3.8) is 0 Å². The third kappa shape index (κ3) is 3.42. The van der Waals surface area contributed by atoms with Crippen molar-refractivity contribution < 1.29 is 12.8 Å². The predicted molar refractivity (Wildman–Crippen MR) is 72.0 cm³/mol. The van der Waals surface area contributed by atoms with Gasteiger partial charge < -0.3 is 4.90 Å². The third-order valence-electron chi connectivity index (χ3n) is 3.47. The Morgan fingerprint density at radius 2 is 2.21 bits per heavy atom. The van der Waals surface area contributed by atoms with Crippen molar-refractivity contribution >= 4 is 15.8 Å². The summed E-state index contributed by atoms with van der Waals surface area (Å²) in [4.78, 5) is 6.04. The summed E-state index contributed by atoms with van der Waals surface area (Å²) < 4.78 is 37.4. The summed E-state index contributed by atoms with van der Waals surface area (Å²) in [5.41, 5.74) is 0. The van der Waals surface area contributed by atoms with Crippen molar-refractivity contribution in [3.05, 3.63) is 24.1 Å². The number of pyridine rings is 1. The van der Waals surface area contributed by atoms with E-state index in [1.807, 2.05) is 4.90 Å². The molecule has 0 radical (unpaired) electrons. The molecule has 1 aliphatic heterocycles. The zero-order chi connectivity index (χ0) is 14.0. The second-order valence-electron chi connectivity index (χ2n) is 4.86. The predicted octanol–water partition coefficient (Wildman–Crippen LogP) is 1.08. The molecule has 0 spiro atoms. The second-order valence-corrected chi connectivity index (χ2v) is 6.90. The van der Waals surface area contributed by atoms with E-state index in [4.69, 9.17) is 0 Å². The fourth-order valence-electron chi connectivity index (χ4n) is 2.29. The standard InChI is InChI=1S/C12H18FN3O2S/c1-15(19(2,17)18)11-4-3-7-16(9-11)12-6-5-10(13)8-14-12/h5-6,8,11H,3-4,7,9H2,1-2H3. The SMILES string of the molecule is CN(C1CCCN(c2ccc(F)cn2)C1)S(C)(=O)=O. The Morgan fingerprint density at radius 1 is 1.47 bits per heavy atom. The van der Waals surface area contributed by atoms with Crippen LogP contribution in [0.4, 0.5) is 10.2 Å². The molecule has 5 nitrogen and oxygen atoms in total. The molecule has 19 heavy (non-hydrogen) atoms. The fraction of sp³-hybridized carbons (Fsp3) is 0.583. The van der Waals surface area contributed by atoms with Crippen molar-refractivity contribution in [1.29, 1.82) is 0 Å². The Morgan fingerprint density at radius 3 is 2.79 bits per heavy atom. The maximum atomic E-state index is 12.8. The first kappa shape index (κ1) is 14.2. The number of hydrogen-bond acceptors (Lipinski definition) is 4. The summed E-state index contributed by atoms with van der Waals surface area (Å²) >= 11 is 0. The van der Waals surface area contributed by atoms with Crippen LogP contribution >= 0.6 is 0 Å². The highest BCUT2D eigenvalue weighted by Gasteiger charge is 2.28. The highest BCUT2D eigenvalue weighted by atomic mass is 32.2. The largest absolute Gasteiger partial charge is 0.355 e. The van der Waals surface area contributed by atoms with E-state index in [0.29, 0.717) is 12.4 Å². The summed E-state index contributed by atoms with van der Waals surface area (Å²) in [6.45, 7) is 1.40. The van der Waals surface area contributed by atoms with Crippen LogP contribution in [0.3, 0.4) is 0 Å². The minimum Gasteiger partial charge on any atom is -0.355 e. The van der Waals surface area contributed by atoms with E-state index in [1.54, 1.807) is 13.1 Å². The Bertz CT molecular complexity index is 532. The van der Waals surface area contributed by atoms with Crippen molar-refractivity contribution in [2.24, 2.45) is 0 Å². The van der Waals surface area contributed by atoms with Gasteiger partial charge >= 0.3 is 0 Å². The van der Waals surface area contributed by atoms with Crippen molar-refractivity contribution in [1.82, 2.24) is 9.29 Å². The first-order chi connectivity index (χ1) is 8.88. The highest BCUT2D eigenvalue weighted by molar-refractivity contribution is 7.88. The average Bonchev–Trinajstić information content (AvgIpc) is 2.38. The van der Waals surface area contributed by atoms with Gasteiger partial charge in [0.1, 0.15) is 11.6 Å². The Hall–Kier alpha value is -1.21. The van der Waals surface area contributed by atoms with E-state index in [9.17, 15) is 12.8 Å². The quantitative estimate of drug-likeness (QED) is 0.835. The van der Waals surface area contributed by atoms with Gasteiger partial charge in [-0.15, -0.1) is 0 Å². The van der Waals surface area contributed by atoms with Gasteiger partial charge in [-0.3, -0.25) is 0 Å². The molecule has 0 aliphatic carbocycles. The normalized spacial score (nSPS) is 20.8. The first-order valence-corrected chi connectivity index (χ1v) is 8.02. The van der Waals surface area contributed by atoms with Gasteiger partial charge in [-0.2, -0.15) is 0 Å². The van der Waals surface area contributed by atoms with Crippen molar-refractivity contribution in [3.8, 4) is 0 Å². The van der Waals surface area contributed by atoms with Crippen LogP contribution < -0.4 is 4.90 Å². The number of halogens is 1. The number of nitrogens with zero attached hydrogens (tertiary/aromatic N) is 3. The molecule has 1 fully saturated rings. The third-order valence-corrected chi connectivity index (χ3v) is 4.81. The molecule has 0 aromatic carbocycles. The highest BCUT2D eigenvalue weighted by Crippen LogP contribution is 2.21. The summed E-state index contributed by atoms with van der Waals surface area (Å²) in [7, 11) is -1.59. The molecule has 1 saturated heterocycles. The maximum Gasteiger partial charge on any atom is 0.211 e. The molecule has 0 bridgehead atoms. The van der Waals surface area contributed by atoms with Gasteiger partial charge in [0, 0.05) is 26.2 Å². The second kappa shape index (κ2) is 5.42. The molecule has 2 heterocycles. The van der Waals surface area contributed by atoms with E-state index >= 15 is 0 Å². The number of anilines is 1. The van der Waals surface area contributed by atoms with Gasteiger partial charge in [-0.05, 0) is 25.0 Å². The van der Waals surface area contributed by atoms with Gasteiger partial charge in [-0.25, -0.2) is 22.1 Å². The van der Waals surface area contributed by atoms with E-state index < -0.39 is 10.0 Å². The summed E-state index contributed by atoms with van der Waals surface area (Å²) in [5, 5.41) is 0. The van der Waals surface area contributed by atoms with Gasteiger partial charge in [0.25, 0.3) is 0 Å². The van der Waals surface area contributed by atoms with Crippen LogP contribution in [0.2, 0.25) is 0 Å². The summed E-state index contributed by atoms with van der Waals surface area (Å²) in [6, 6.07) is 2.93. The molecule has 0 amide bonds. The van der Waals surface area contributed by atoms with Crippen LogP contribution in [0, 0.1) is 5.82 Å². The van der Waals surface area contributed by atoms with E-state index in [2.05, 4.69) is 4.98 Å². The molecule has 106 valence electrons. The topological polar surface area (TPSA) is 53.5 Å². The fourth-order valence-corrected chi connectivity index (χ4v) is 3.00. The lowest BCUT2D eigenvalue weighted by Gasteiger charge is -2.37. The van der Waals surface area contributed by atoms with Gasteiger partial charge in [0.05, 0.1) is 12.5 Å². The van der Waals surface area contributed by atoms with Crippen LogP contribution in [0.1, 0.15) is 12.8 Å². The Kier molecular flexibility index (Phi) is 4.05. The molecular weight excluding hydrogens is 269 g/mol. The molecular formula is C12H18FN3O2S. The number of sulfonamides is 1. The van der Waals surface area contributed by atoms with Crippen LogP contribution in [0.25, 0.3) is 0 Å². The lowest BCUT2D eigenvalue weighted by Crippen LogP contribution is -2.48. The Labute approximate surface area is 113 Å². The van der Waals surface area contributed by atoms with Crippen LogP contribution in [-0.2, 0) is 10.0 Å². The zero-order valence-electron chi connectivity index (χ0n) is 11.1. The van der Waals surface area contributed by atoms with E-state index in [0.717, 1.165) is 19.4 Å². The summed E-state index contributed by atoms with van der Waals surface area (Å²) in [6.07, 6.45) is 4.12. The summed E-state index contributed by atoms with van der Waals surface area (Å²) in [5.74, 6) is 0.318. The number of hydrogen-bond donors (Lipinski definition) is 0. The molecule has 1 aromatic rings. The molecule has 1 unspecified atom stereocenters. The number of likely N-dealkylation sites (N-methyl/N-ethyl adjacent to an activating group) is 1. The van der Waals surface area contributed by atoms with E-state index in [1.165, 1.54) is 22.8 Å². The van der Waals surface area contributed by atoms with Crippen LogP contribution in [0.15, 0.2) is 18.3 Å². The van der Waals surface area contributed by atoms with Crippen LogP contribution in [-0.4, -0.2) is 50.1 Å². The number of piperidine rings is 1. The molecule has 7 heteroatoms. The minimum atomic E-state index is -3.19. The van der Waals surface area contributed by atoms with Crippen LogP contribution in [0.5, 0.6) is 0 Å². The smallest absolute Gasteiger partial charge is 0.211 e. The van der Waals surface area contributed by atoms with Crippen molar-refractivity contribution in [2.75, 3.05) is 31.3 Å². The van der Waals surface area contributed by atoms with E-state index in [-0.39, 0.29) is 11.9 Å². The number of aromatic nitrogens is 1. The lowest BCUT2D eigenvalue weighted by atomic mass is 10.1. The van der Waals surface area contributed by atoms with Gasteiger partial charge in [0.2, 0.25) is 10.0 Å². The first-order valence-electron chi connectivity index (χ1n) is 6.17. The molecule has 0 saturated carbocycles. The molecule has 2 rings (SSSR count). The molecule has 0 N–H and O–H groups in total. The van der Waals surface area contributed by atoms with Gasteiger partial charge in [0.15, 0.2) is 0 Å². The molecule has 1 atom stereocenters. The molecule has 1 aromatic heterocycles.